The van der Waals surface area contributed by atoms with Crippen molar-refractivity contribution in [2.24, 2.45) is 0 Å². The van der Waals surface area contributed by atoms with Crippen molar-refractivity contribution >= 4 is 10.9 Å². The third-order valence-corrected chi connectivity index (χ3v) is 5.40. The van der Waals surface area contributed by atoms with Gasteiger partial charge in [0.25, 0.3) is 0 Å². The molecule has 0 bridgehead atoms. The molecule has 1 N–H and O–H groups in total. The average molecular weight is 421 g/mol. The molecule has 4 aromatic rings. The number of aryl methyl sites for hydroxylation is 3. The van der Waals surface area contributed by atoms with Crippen LogP contribution in [0.5, 0.6) is 5.75 Å². The van der Waals surface area contributed by atoms with E-state index in [1.54, 1.807) is 25.3 Å². The molecule has 0 spiro atoms. The van der Waals surface area contributed by atoms with E-state index in [0.29, 0.717) is 15.9 Å². The first-order chi connectivity index (χ1) is 15.0. The van der Waals surface area contributed by atoms with Gasteiger partial charge in [0, 0.05) is 11.5 Å². The summed E-state index contributed by atoms with van der Waals surface area (Å²) < 4.78 is 27.0. The minimum Gasteiger partial charge on any atom is -0.508 e. The third-order valence-electron chi connectivity index (χ3n) is 5.40. The van der Waals surface area contributed by atoms with Gasteiger partial charge in [0.1, 0.15) is 11.4 Å². The monoisotopic (exact) mass is 421 g/mol. The number of alkyl halides is 2. The molecule has 0 amide bonds. The summed E-state index contributed by atoms with van der Waals surface area (Å²) in [6.45, 7) is -0.910. The van der Waals surface area contributed by atoms with Gasteiger partial charge < -0.3 is 5.11 Å². The van der Waals surface area contributed by atoms with E-state index in [1.807, 2.05) is 12.1 Å². The van der Waals surface area contributed by atoms with Gasteiger partial charge in [-0.25, -0.2) is 9.36 Å². The summed E-state index contributed by atoms with van der Waals surface area (Å²) in [5.74, 6) is 0.135. The van der Waals surface area contributed by atoms with Gasteiger partial charge in [0.05, 0.1) is 35.7 Å². The van der Waals surface area contributed by atoms with Crippen molar-refractivity contribution in [1.29, 1.82) is 5.26 Å². The molecule has 0 saturated heterocycles. The minimum absolute atomic E-state index is 0.135. The third kappa shape index (κ3) is 4.26. The fourth-order valence-corrected chi connectivity index (χ4v) is 3.73. The Morgan fingerprint density at radius 3 is 2.55 bits per heavy atom. The zero-order valence-corrected chi connectivity index (χ0v) is 17.0. The Bertz CT molecular complexity index is 1270. The highest BCUT2D eigenvalue weighted by Gasteiger charge is 2.12. The smallest absolute Gasteiger partial charge is 0.333 e. The van der Waals surface area contributed by atoms with Crippen LogP contribution in [0.3, 0.4) is 0 Å². The lowest BCUT2D eigenvalue weighted by Gasteiger charge is -2.14. The number of nitrogens with zero attached hydrogens (tertiary/aromatic N) is 5. The van der Waals surface area contributed by atoms with Crippen LogP contribution in [0.1, 0.15) is 41.6 Å². The molecule has 31 heavy (non-hydrogen) atoms. The van der Waals surface area contributed by atoms with Crippen LogP contribution in [0.4, 0.5) is 8.78 Å². The Morgan fingerprint density at radius 2 is 1.84 bits per heavy atom. The molecule has 0 aliphatic heterocycles. The second-order valence-electron chi connectivity index (χ2n) is 7.51. The molecule has 158 valence electrons. The van der Waals surface area contributed by atoms with Crippen molar-refractivity contribution in [3.05, 3.63) is 71.2 Å². The SMILES string of the molecule is Cc1cc2cnn(-c3cnn(C(F)F)c3)c2cc1O.N#Cc1ccc2c(c1)CCCC2. The quantitative estimate of drug-likeness (QED) is 0.490. The molecule has 0 fully saturated rings. The molecule has 0 saturated carbocycles. The Labute approximate surface area is 178 Å². The molecule has 8 heteroatoms. The second kappa shape index (κ2) is 8.56. The number of aromatic nitrogens is 4. The number of aromatic hydroxyl groups is 1. The second-order valence-corrected chi connectivity index (χ2v) is 7.51. The zero-order chi connectivity index (χ0) is 22.0. The van der Waals surface area contributed by atoms with E-state index >= 15 is 0 Å². The highest BCUT2D eigenvalue weighted by atomic mass is 19.3. The van der Waals surface area contributed by atoms with Gasteiger partial charge in [0.15, 0.2) is 0 Å². The Hall–Kier alpha value is -3.73. The largest absolute Gasteiger partial charge is 0.508 e. The zero-order valence-electron chi connectivity index (χ0n) is 17.0. The highest BCUT2D eigenvalue weighted by Crippen LogP contribution is 2.26. The maximum Gasteiger partial charge on any atom is 0.333 e. The first kappa shape index (κ1) is 20.5. The average Bonchev–Trinajstić information content (AvgIpc) is 3.41. The van der Waals surface area contributed by atoms with Gasteiger partial charge in [0.2, 0.25) is 0 Å². The molecule has 0 atom stereocenters. The normalized spacial score (nSPS) is 12.9. The van der Waals surface area contributed by atoms with Crippen LogP contribution < -0.4 is 0 Å². The number of fused-ring (bicyclic) bond motifs is 2. The minimum atomic E-state index is -2.69. The maximum atomic E-state index is 12.5. The summed E-state index contributed by atoms with van der Waals surface area (Å²) >= 11 is 0. The van der Waals surface area contributed by atoms with Gasteiger partial charge in [-0.05, 0) is 67.5 Å². The van der Waals surface area contributed by atoms with E-state index in [0.717, 1.165) is 22.9 Å². The van der Waals surface area contributed by atoms with Crippen LogP contribution in [0.15, 0.2) is 48.9 Å². The summed E-state index contributed by atoms with van der Waals surface area (Å²) in [5.41, 5.74) is 5.42. The number of rotatable bonds is 2. The first-order valence-corrected chi connectivity index (χ1v) is 9.98. The first-order valence-electron chi connectivity index (χ1n) is 9.98. The van der Waals surface area contributed by atoms with Crippen LogP contribution in [0.25, 0.3) is 16.6 Å². The highest BCUT2D eigenvalue weighted by molar-refractivity contribution is 5.82. The van der Waals surface area contributed by atoms with Gasteiger partial charge in [-0.2, -0.15) is 24.2 Å². The lowest BCUT2D eigenvalue weighted by Crippen LogP contribution is -2.02. The molecule has 2 aromatic heterocycles. The fraction of sp³-hybridized carbons (Fsp3) is 0.261. The number of hydrogen-bond donors (Lipinski definition) is 1. The van der Waals surface area contributed by atoms with Gasteiger partial charge in [-0.15, -0.1) is 0 Å². The van der Waals surface area contributed by atoms with Crippen molar-refractivity contribution in [2.75, 3.05) is 0 Å². The standard InChI is InChI=1S/C12H10F2N4O.C11H11N/c1-7-2-8-4-16-18(10(8)3-11(7)19)9-5-15-17(6-9)12(13)14;12-8-9-5-6-10-3-1-2-4-11(10)7-9/h2-6,12,19H,1H3;5-7H,1-4H2. The fourth-order valence-electron chi connectivity index (χ4n) is 3.73. The molecule has 6 nitrogen and oxygen atoms in total. The van der Waals surface area contributed by atoms with Gasteiger partial charge in [-0.1, -0.05) is 6.07 Å². The summed E-state index contributed by atoms with van der Waals surface area (Å²) in [5, 5.41) is 26.9. The number of hydrogen-bond acceptors (Lipinski definition) is 4. The van der Waals surface area contributed by atoms with Crippen LogP contribution in [-0.4, -0.2) is 24.7 Å². The molecule has 0 unspecified atom stereocenters. The van der Waals surface area contributed by atoms with E-state index < -0.39 is 6.55 Å². The lowest BCUT2D eigenvalue weighted by molar-refractivity contribution is 0.0566. The molecule has 1 aliphatic rings. The molecular weight excluding hydrogens is 400 g/mol. The van der Waals surface area contributed by atoms with Crippen LogP contribution in [0, 0.1) is 18.3 Å². The van der Waals surface area contributed by atoms with Crippen molar-refractivity contribution < 1.29 is 13.9 Å². The number of halogens is 2. The van der Waals surface area contributed by atoms with Crippen LogP contribution >= 0.6 is 0 Å². The Balaban J connectivity index is 0.000000166. The van der Waals surface area contributed by atoms with E-state index in [-0.39, 0.29) is 5.75 Å². The molecular formula is C23H21F2N5O. The molecule has 2 heterocycles. The van der Waals surface area contributed by atoms with Crippen molar-refractivity contribution in [1.82, 2.24) is 19.6 Å². The Morgan fingerprint density at radius 1 is 1.06 bits per heavy atom. The molecule has 5 rings (SSSR count). The summed E-state index contributed by atoms with van der Waals surface area (Å²) in [6, 6.07) is 11.6. The Kier molecular flexibility index (Phi) is 5.67. The lowest BCUT2D eigenvalue weighted by atomic mass is 9.91. The topological polar surface area (TPSA) is 79.7 Å². The van der Waals surface area contributed by atoms with Crippen molar-refractivity contribution in [3.63, 3.8) is 0 Å². The van der Waals surface area contributed by atoms with Crippen molar-refractivity contribution in [3.8, 4) is 17.5 Å². The number of phenols is 1. The summed E-state index contributed by atoms with van der Waals surface area (Å²) in [7, 11) is 0. The number of phenolic OH excluding ortho intramolecular Hbond substituents is 1. The van der Waals surface area contributed by atoms with Crippen LogP contribution in [-0.2, 0) is 12.8 Å². The summed E-state index contributed by atoms with van der Waals surface area (Å²) in [6.07, 6.45) is 9.05. The van der Waals surface area contributed by atoms with E-state index in [2.05, 4.69) is 22.3 Å². The van der Waals surface area contributed by atoms with Gasteiger partial charge >= 0.3 is 6.55 Å². The molecule has 1 aliphatic carbocycles. The van der Waals surface area contributed by atoms with Gasteiger partial charge in [-0.3, -0.25) is 0 Å². The molecule has 2 aromatic carbocycles. The summed E-state index contributed by atoms with van der Waals surface area (Å²) in [4.78, 5) is 0. The van der Waals surface area contributed by atoms with E-state index in [9.17, 15) is 13.9 Å². The molecule has 0 radical (unpaired) electrons. The van der Waals surface area contributed by atoms with E-state index in [4.69, 9.17) is 5.26 Å². The maximum absolute atomic E-state index is 12.5. The van der Waals surface area contributed by atoms with E-state index in [1.165, 1.54) is 47.5 Å². The predicted octanol–water partition coefficient (Wildman–Crippen LogP) is 5.07. The van der Waals surface area contributed by atoms with Crippen molar-refractivity contribution in [2.45, 2.75) is 39.2 Å². The predicted molar refractivity (Wildman–Crippen MR) is 112 cm³/mol. The number of benzene rings is 2. The number of nitriles is 1. The van der Waals surface area contributed by atoms with Crippen LogP contribution in [0.2, 0.25) is 0 Å².